The molecule has 0 saturated heterocycles. The number of hydrogen-bond donors (Lipinski definition) is 2. The largest absolute Gasteiger partial charge is 0.484 e. The Morgan fingerprint density at radius 1 is 0.688 bits per heavy atom. The average molecular weight is 520 g/mol. The lowest BCUT2D eigenvalue weighted by Gasteiger charge is -2.29. The maximum absolute atomic E-state index is 12.2. The summed E-state index contributed by atoms with van der Waals surface area (Å²) in [5, 5.41) is 7.51. The smallest absolute Gasteiger partial charge is 0.258 e. The second kappa shape index (κ2) is 11.8. The van der Waals surface area contributed by atoms with E-state index in [1.165, 1.54) is 0 Å². The van der Waals surface area contributed by atoms with E-state index in [1.54, 1.807) is 36.4 Å². The highest BCUT2D eigenvalue weighted by atomic mass is 35.5. The predicted molar refractivity (Wildman–Crippen MR) is 126 cm³/mol. The van der Waals surface area contributed by atoms with Crippen molar-refractivity contribution in [3.05, 3.63) is 56.5 Å². The van der Waals surface area contributed by atoms with Crippen molar-refractivity contribution in [3.63, 3.8) is 0 Å². The second-order valence-corrected chi connectivity index (χ2v) is 9.04. The van der Waals surface area contributed by atoms with E-state index in [1.807, 2.05) is 0 Å². The van der Waals surface area contributed by atoms with Gasteiger partial charge in [0.2, 0.25) is 0 Å². The fourth-order valence-electron chi connectivity index (χ4n) is 3.35. The summed E-state index contributed by atoms with van der Waals surface area (Å²) in [6.45, 7) is -0.221. The molecule has 1 fully saturated rings. The van der Waals surface area contributed by atoms with Crippen molar-refractivity contribution in [1.82, 2.24) is 10.6 Å². The number of halogens is 4. The normalized spacial score (nSPS) is 18.0. The number of hydrogen-bond acceptors (Lipinski definition) is 4. The molecule has 3 rings (SSSR count). The molecule has 2 aromatic carbocycles. The van der Waals surface area contributed by atoms with Gasteiger partial charge in [0.25, 0.3) is 11.8 Å². The maximum Gasteiger partial charge on any atom is 0.258 e. The Morgan fingerprint density at radius 3 is 1.41 bits per heavy atom. The van der Waals surface area contributed by atoms with Crippen molar-refractivity contribution in [2.75, 3.05) is 13.2 Å². The summed E-state index contributed by atoms with van der Waals surface area (Å²) >= 11 is 23.6. The summed E-state index contributed by atoms with van der Waals surface area (Å²) in [5.74, 6) is 0.533. The van der Waals surface area contributed by atoms with Gasteiger partial charge in [0, 0.05) is 24.2 Å². The first kappa shape index (κ1) is 24.8. The van der Waals surface area contributed by atoms with Gasteiger partial charge in [-0.15, -0.1) is 0 Å². The van der Waals surface area contributed by atoms with Crippen LogP contribution in [0.3, 0.4) is 0 Å². The van der Waals surface area contributed by atoms with Crippen molar-refractivity contribution < 1.29 is 19.1 Å². The molecule has 0 heterocycles. The molecule has 1 aliphatic rings. The Morgan fingerprint density at radius 2 is 1.06 bits per heavy atom. The van der Waals surface area contributed by atoms with Crippen LogP contribution in [0.15, 0.2) is 36.4 Å². The van der Waals surface area contributed by atoms with Crippen LogP contribution in [0, 0.1) is 0 Å². The van der Waals surface area contributed by atoms with E-state index in [2.05, 4.69) is 10.6 Å². The molecule has 1 aliphatic carbocycles. The van der Waals surface area contributed by atoms with Gasteiger partial charge >= 0.3 is 0 Å². The van der Waals surface area contributed by atoms with Crippen LogP contribution in [0.25, 0.3) is 0 Å². The zero-order chi connectivity index (χ0) is 23.1. The predicted octanol–water partition coefficient (Wildman–Crippen LogP) is 5.30. The fourth-order valence-corrected chi connectivity index (χ4v) is 3.93. The molecule has 0 bridgehead atoms. The molecule has 10 heteroatoms. The fraction of sp³-hybridized carbons (Fsp3) is 0.364. The van der Waals surface area contributed by atoms with Gasteiger partial charge in [-0.1, -0.05) is 46.4 Å². The lowest BCUT2D eigenvalue weighted by Crippen LogP contribution is -2.45. The van der Waals surface area contributed by atoms with Crippen LogP contribution in [0.4, 0.5) is 0 Å². The van der Waals surface area contributed by atoms with Gasteiger partial charge in [-0.2, -0.15) is 0 Å². The first-order chi connectivity index (χ1) is 15.3. The Balaban J connectivity index is 1.33. The molecule has 2 amide bonds. The third-order valence-electron chi connectivity index (χ3n) is 4.98. The number of rotatable bonds is 8. The minimum Gasteiger partial charge on any atom is -0.484 e. The molecular formula is C22H22Cl4N2O4. The molecule has 0 spiro atoms. The van der Waals surface area contributed by atoms with Crippen LogP contribution >= 0.6 is 46.4 Å². The van der Waals surface area contributed by atoms with Crippen LogP contribution < -0.4 is 20.1 Å². The van der Waals surface area contributed by atoms with Gasteiger partial charge in [0.1, 0.15) is 11.5 Å². The minimum atomic E-state index is -0.210. The molecule has 32 heavy (non-hydrogen) atoms. The second-order valence-electron chi connectivity index (χ2n) is 7.41. The molecule has 2 aromatic rings. The molecule has 0 atom stereocenters. The Kier molecular flexibility index (Phi) is 9.17. The molecule has 0 aromatic heterocycles. The summed E-state index contributed by atoms with van der Waals surface area (Å²) < 4.78 is 10.9. The third kappa shape index (κ3) is 7.62. The molecule has 0 radical (unpaired) electrons. The van der Waals surface area contributed by atoms with Gasteiger partial charge in [-0.25, -0.2) is 0 Å². The van der Waals surface area contributed by atoms with Crippen LogP contribution in [0.1, 0.15) is 25.7 Å². The molecule has 1 saturated carbocycles. The van der Waals surface area contributed by atoms with Gasteiger partial charge in [0.15, 0.2) is 13.2 Å². The molecule has 6 nitrogen and oxygen atoms in total. The minimum absolute atomic E-state index is 0.0421. The molecule has 172 valence electrons. The summed E-state index contributed by atoms with van der Waals surface area (Å²) in [5.41, 5.74) is 0. The number of carbonyl (C=O) groups is 2. The first-order valence-electron chi connectivity index (χ1n) is 10.0. The van der Waals surface area contributed by atoms with Crippen LogP contribution in [-0.2, 0) is 9.59 Å². The Bertz CT molecular complexity index is 887. The van der Waals surface area contributed by atoms with Crippen LogP contribution in [-0.4, -0.2) is 37.1 Å². The summed E-state index contributed by atoms with van der Waals surface area (Å²) in [6, 6.07) is 9.75. The number of benzene rings is 2. The highest BCUT2D eigenvalue weighted by Gasteiger charge is 2.23. The van der Waals surface area contributed by atoms with Crippen molar-refractivity contribution >= 4 is 58.2 Å². The van der Waals surface area contributed by atoms with E-state index in [0.29, 0.717) is 31.6 Å². The summed E-state index contributed by atoms with van der Waals surface area (Å²) in [4.78, 5) is 24.3. The van der Waals surface area contributed by atoms with E-state index in [0.717, 1.165) is 25.7 Å². The standard InChI is InChI=1S/C22H22Cl4N2O4/c23-17-7-5-15(9-19(17)25)31-11-21(29)27-13-1-2-14(4-3-13)28-22(30)12-32-16-6-8-18(24)20(26)10-16/h5-10,13-14H,1-4,11-12H2,(H,27,29)(H,28,30). The Hall–Kier alpha value is -1.86. The zero-order valence-corrected chi connectivity index (χ0v) is 20.0. The van der Waals surface area contributed by atoms with E-state index >= 15 is 0 Å². The average Bonchev–Trinajstić information content (AvgIpc) is 2.77. The number of nitrogens with one attached hydrogen (secondary N) is 2. The van der Waals surface area contributed by atoms with Crippen LogP contribution in [0.2, 0.25) is 20.1 Å². The van der Waals surface area contributed by atoms with E-state index in [4.69, 9.17) is 55.9 Å². The van der Waals surface area contributed by atoms with Crippen molar-refractivity contribution in [2.45, 2.75) is 37.8 Å². The topological polar surface area (TPSA) is 76.7 Å². The highest BCUT2D eigenvalue weighted by molar-refractivity contribution is 6.42. The monoisotopic (exact) mass is 518 g/mol. The quantitative estimate of drug-likeness (QED) is 0.496. The van der Waals surface area contributed by atoms with Crippen molar-refractivity contribution in [3.8, 4) is 11.5 Å². The zero-order valence-electron chi connectivity index (χ0n) is 17.0. The van der Waals surface area contributed by atoms with E-state index in [-0.39, 0.29) is 37.1 Å². The lowest BCUT2D eigenvalue weighted by atomic mass is 9.91. The first-order valence-corrected chi connectivity index (χ1v) is 11.6. The lowest BCUT2D eigenvalue weighted by molar-refractivity contribution is -0.125. The Labute approximate surface area is 206 Å². The van der Waals surface area contributed by atoms with Gasteiger partial charge in [0.05, 0.1) is 20.1 Å². The summed E-state index contributed by atoms with van der Waals surface area (Å²) in [7, 11) is 0. The maximum atomic E-state index is 12.2. The number of amides is 2. The molecule has 2 N–H and O–H groups in total. The van der Waals surface area contributed by atoms with Crippen LogP contribution in [0.5, 0.6) is 11.5 Å². The van der Waals surface area contributed by atoms with Gasteiger partial charge < -0.3 is 20.1 Å². The summed E-state index contributed by atoms with van der Waals surface area (Å²) in [6.07, 6.45) is 3.04. The highest BCUT2D eigenvalue weighted by Crippen LogP contribution is 2.27. The molecular weight excluding hydrogens is 498 g/mol. The number of carbonyl (C=O) groups excluding carboxylic acids is 2. The SMILES string of the molecule is O=C(COc1ccc(Cl)c(Cl)c1)NC1CCC(NC(=O)COc2ccc(Cl)c(Cl)c2)CC1. The van der Waals surface area contributed by atoms with Gasteiger partial charge in [-0.05, 0) is 49.9 Å². The molecule has 0 unspecified atom stereocenters. The molecule has 0 aliphatic heterocycles. The van der Waals surface area contributed by atoms with Crippen molar-refractivity contribution in [1.29, 1.82) is 0 Å². The van der Waals surface area contributed by atoms with Gasteiger partial charge in [-0.3, -0.25) is 9.59 Å². The van der Waals surface area contributed by atoms with Crippen molar-refractivity contribution in [2.24, 2.45) is 0 Å². The third-order valence-corrected chi connectivity index (χ3v) is 6.46. The van der Waals surface area contributed by atoms with E-state index < -0.39 is 0 Å². The van der Waals surface area contributed by atoms with E-state index in [9.17, 15) is 9.59 Å². The number of ether oxygens (including phenoxy) is 2.